The molecule has 1 aliphatic heterocycles. The van der Waals surface area contributed by atoms with Crippen molar-refractivity contribution in [1.29, 1.82) is 0 Å². The number of benzene rings is 3. The number of ketones is 1. The van der Waals surface area contributed by atoms with Gasteiger partial charge in [-0.25, -0.2) is 4.79 Å². The van der Waals surface area contributed by atoms with Gasteiger partial charge in [-0.15, -0.1) is 0 Å². The van der Waals surface area contributed by atoms with Crippen LogP contribution in [0.1, 0.15) is 31.8 Å². The van der Waals surface area contributed by atoms with Gasteiger partial charge in [-0.3, -0.25) is 9.59 Å². The molecule has 1 aliphatic rings. The number of hydrogen-bond acceptors (Lipinski definition) is 7. The molecule has 0 aromatic heterocycles. The number of esters is 1. The molecule has 174 valence electrons. The standard InChI is InChI=1S/C26H23NO7/c1-31-19-6-4-5-17(13-19)15-27-24(28)16-34-26(30)21-8-3-2-7-20(21)25(29)18-9-10-22-23(14-18)33-12-11-32-22/h2-10,13-14H,11-12,15-16H2,1H3,(H,27,28). The van der Waals surface area contributed by atoms with Gasteiger partial charge in [0.2, 0.25) is 0 Å². The zero-order valence-electron chi connectivity index (χ0n) is 18.5. The van der Waals surface area contributed by atoms with E-state index in [4.69, 9.17) is 18.9 Å². The first-order chi connectivity index (χ1) is 16.5. The van der Waals surface area contributed by atoms with Gasteiger partial charge < -0.3 is 24.3 Å². The maximum atomic E-state index is 13.1. The van der Waals surface area contributed by atoms with Crippen LogP contribution in [0.15, 0.2) is 66.7 Å². The topological polar surface area (TPSA) is 100 Å². The number of fused-ring (bicyclic) bond motifs is 1. The molecule has 0 saturated heterocycles. The molecular weight excluding hydrogens is 438 g/mol. The predicted molar refractivity (Wildman–Crippen MR) is 122 cm³/mol. The third-order valence-electron chi connectivity index (χ3n) is 5.15. The van der Waals surface area contributed by atoms with E-state index >= 15 is 0 Å². The van der Waals surface area contributed by atoms with Crippen molar-refractivity contribution < 1.29 is 33.3 Å². The van der Waals surface area contributed by atoms with Crippen molar-refractivity contribution in [3.05, 3.63) is 89.0 Å². The number of hydrogen-bond donors (Lipinski definition) is 1. The van der Waals surface area contributed by atoms with Crippen LogP contribution in [-0.2, 0) is 16.1 Å². The Balaban J connectivity index is 1.39. The minimum Gasteiger partial charge on any atom is -0.497 e. The molecule has 0 bridgehead atoms. The summed E-state index contributed by atoms with van der Waals surface area (Å²) < 4.78 is 21.4. The van der Waals surface area contributed by atoms with E-state index in [1.807, 2.05) is 12.1 Å². The third kappa shape index (κ3) is 5.35. The molecule has 1 N–H and O–H groups in total. The van der Waals surface area contributed by atoms with Crippen LogP contribution in [0.25, 0.3) is 0 Å². The first-order valence-electron chi connectivity index (χ1n) is 10.7. The third-order valence-corrected chi connectivity index (χ3v) is 5.15. The van der Waals surface area contributed by atoms with Crippen molar-refractivity contribution >= 4 is 17.7 Å². The molecule has 8 heteroatoms. The summed E-state index contributed by atoms with van der Waals surface area (Å²) in [5.41, 5.74) is 1.43. The maximum Gasteiger partial charge on any atom is 0.339 e. The highest BCUT2D eigenvalue weighted by Gasteiger charge is 2.22. The average Bonchev–Trinajstić information content (AvgIpc) is 2.90. The van der Waals surface area contributed by atoms with Crippen LogP contribution in [-0.4, -0.2) is 44.6 Å². The SMILES string of the molecule is COc1cccc(CNC(=O)COC(=O)c2ccccc2C(=O)c2ccc3c(c2)OCCO3)c1. The Morgan fingerprint density at radius 3 is 2.44 bits per heavy atom. The normalized spacial score (nSPS) is 11.9. The summed E-state index contributed by atoms with van der Waals surface area (Å²) in [4.78, 5) is 38.0. The Bertz CT molecular complexity index is 1220. The molecule has 0 spiro atoms. The minimum absolute atomic E-state index is 0.0722. The average molecular weight is 461 g/mol. The van der Waals surface area contributed by atoms with E-state index in [-0.39, 0.29) is 23.5 Å². The van der Waals surface area contributed by atoms with Gasteiger partial charge in [0.1, 0.15) is 19.0 Å². The molecule has 34 heavy (non-hydrogen) atoms. The first kappa shape index (κ1) is 22.8. The number of nitrogens with one attached hydrogen (secondary N) is 1. The number of carbonyl (C=O) groups excluding carboxylic acids is 3. The van der Waals surface area contributed by atoms with E-state index < -0.39 is 18.5 Å². The largest absolute Gasteiger partial charge is 0.497 e. The molecule has 4 rings (SSSR count). The molecule has 0 aliphatic carbocycles. The van der Waals surface area contributed by atoms with E-state index in [2.05, 4.69) is 5.32 Å². The van der Waals surface area contributed by atoms with Crippen LogP contribution in [0.4, 0.5) is 0 Å². The second kappa shape index (κ2) is 10.5. The van der Waals surface area contributed by atoms with Crippen molar-refractivity contribution in [1.82, 2.24) is 5.32 Å². The highest BCUT2D eigenvalue weighted by Crippen LogP contribution is 2.31. The van der Waals surface area contributed by atoms with Crippen LogP contribution >= 0.6 is 0 Å². The van der Waals surface area contributed by atoms with E-state index in [0.29, 0.717) is 36.0 Å². The number of amides is 1. The molecule has 0 radical (unpaired) electrons. The quantitative estimate of drug-likeness (QED) is 0.406. The lowest BCUT2D eigenvalue weighted by Crippen LogP contribution is -2.28. The molecule has 1 amide bonds. The lowest BCUT2D eigenvalue weighted by Gasteiger charge is -2.18. The lowest BCUT2D eigenvalue weighted by atomic mass is 9.98. The summed E-state index contributed by atoms with van der Waals surface area (Å²) in [7, 11) is 1.56. The molecule has 8 nitrogen and oxygen atoms in total. The van der Waals surface area contributed by atoms with Crippen LogP contribution in [0.5, 0.6) is 17.2 Å². The Hall–Kier alpha value is -4.33. The van der Waals surface area contributed by atoms with Crippen molar-refractivity contribution in [3.63, 3.8) is 0 Å². The molecule has 3 aromatic rings. The number of methoxy groups -OCH3 is 1. The molecule has 0 fully saturated rings. The number of carbonyl (C=O) groups is 3. The zero-order chi connectivity index (χ0) is 23.9. The second-order valence-electron chi connectivity index (χ2n) is 7.44. The van der Waals surface area contributed by atoms with E-state index in [1.165, 1.54) is 6.07 Å². The molecular formula is C26H23NO7. The van der Waals surface area contributed by atoms with Crippen LogP contribution in [0.2, 0.25) is 0 Å². The maximum absolute atomic E-state index is 13.1. The molecule has 1 heterocycles. The number of ether oxygens (including phenoxy) is 4. The minimum atomic E-state index is -0.766. The molecule has 0 unspecified atom stereocenters. The van der Waals surface area contributed by atoms with Crippen LogP contribution < -0.4 is 19.5 Å². The van der Waals surface area contributed by atoms with Gasteiger partial charge in [0, 0.05) is 17.7 Å². The van der Waals surface area contributed by atoms with Gasteiger partial charge >= 0.3 is 5.97 Å². The Morgan fingerprint density at radius 2 is 1.65 bits per heavy atom. The van der Waals surface area contributed by atoms with E-state index in [0.717, 1.165) is 5.56 Å². The highest BCUT2D eigenvalue weighted by molar-refractivity contribution is 6.14. The summed E-state index contributed by atoms with van der Waals surface area (Å²) >= 11 is 0. The predicted octanol–water partition coefficient (Wildman–Crippen LogP) is 3.17. The highest BCUT2D eigenvalue weighted by atomic mass is 16.6. The fourth-order valence-electron chi connectivity index (χ4n) is 3.44. The van der Waals surface area contributed by atoms with Gasteiger partial charge in [0.15, 0.2) is 23.9 Å². The van der Waals surface area contributed by atoms with Crippen LogP contribution in [0.3, 0.4) is 0 Å². The zero-order valence-corrected chi connectivity index (χ0v) is 18.5. The Kier molecular flexibility index (Phi) is 7.07. The fraction of sp³-hybridized carbons (Fsp3) is 0.192. The summed E-state index contributed by atoms with van der Waals surface area (Å²) in [6, 6.07) is 18.4. The van der Waals surface area contributed by atoms with Crippen molar-refractivity contribution in [2.24, 2.45) is 0 Å². The van der Waals surface area contributed by atoms with Gasteiger partial charge in [0.25, 0.3) is 5.91 Å². The van der Waals surface area contributed by atoms with Crippen molar-refractivity contribution in [2.45, 2.75) is 6.54 Å². The first-order valence-corrected chi connectivity index (χ1v) is 10.7. The Morgan fingerprint density at radius 1 is 0.882 bits per heavy atom. The summed E-state index contributed by atoms with van der Waals surface area (Å²) in [5.74, 6) is 0.120. The summed E-state index contributed by atoms with van der Waals surface area (Å²) in [6.07, 6.45) is 0. The summed E-state index contributed by atoms with van der Waals surface area (Å²) in [6.45, 7) is 0.623. The number of rotatable bonds is 8. The summed E-state index contributed by atoms with van der Waals surface area (Å²) in [5, 5.41) is 2.68. The van der Waals surface area contributed by atoms with Crippen molar-refractivity contribution in [2.75, 3.05) is 26.9 Å². The Labute approximate surface area is 196 Å². The fourth-order valence-corrected chi connectivity index (χ4v) is 3.44. The van der Waals surface area contributed by atoms with Gasteiger partial charge in [0.05, 0.1) is 12.7 Å². The van der Waals surface area contributed by atoms with E-state index in [1.54, 1.807) is 55.6 Å². The van der Waals surface area contributed by atoms with Crippen molar-refractivity contribution in [3.8, 4) is 17.2 Å². The van der Waals surface area contributed by atoms with Gasteiger partial charge in [-0.05, 0) is 42.0 Å². The van der Waals surface area contributed by atoms with Gasteiger partial charge in [-0.1, -0.05) is 30.3 Å². The smallest absolute Gasteiger partial charge is 0.339 e. The van der Waals surface area contributed by atoms with E-state index in [9.17, 15) is 14.4 Å². The molecule has 0 atom stereocenters. The monoisotopic (exact) mass is 461 g/mol. The second-order valence-corrected chi connectivity index (χ2v) is 7.44. The molecule has 0 saturated carbocycles. The van der Waals surface area contributed by atoms with Crippen LogP contribution in [0, 0.1) is 0 Å². The lowest BCUT2D eigenvalue weighted by molar-refractivity contribution is -0.124. The van der Waals surface area contributed by atoms with Gasteiger partial charge in [-0.2, -0.15) is 0 Å². The molecule has 3 aromatic carbocycles.